The summed E-state index contributed by atoms with van der Waals surface area (Å²) >= 11 is 0. The van der Waals surface area contributed by atoms with Gasteiger partial charge in [-0.2, -0.15) is 8.42 Å². The maximum Gasteiger partial charge on any atom is 0.306 e. The van der Waals surface area contributed by atoms with Crippen LogP contribution in [0, 0.1) is 0 Å². The van der Waals surface area contributed by atoms with Gasteiger partial charge in [-0.15, -0.1) is 0 Å². The highest BCUT2D eigenvalue weighted by Crippen LogP contribution is 2.24. The van der Waals surface area contributed by atoms with Crippen LogP contribution in [-0.4, -0.2) is 96.0 Å². The van der Waals surface area contributed by atoms with E-state index in [0.717, 1.165) is 44.9 Å². The molecule has 0 aromatic carbocycles. The largest absolute Gasteiger partial charge is 0.462 e. The summed E-state index contributed by atoms with van der Waals surface area (Å²) in [4.78, 5) is 25.4. The molecular weight excluding hydrogens is 837 g/mol. The molecule has 1 aliphatic rings. The Bertz CT molecular complexity index is 1360. The molecule has 1 aliphatic heterocycles. The van der Waals surface area contributed by atoms with Gasteiger partial charge in [-0.05, 0) is 32.1 Å². The highest BCUT2D eigenvalue weighted by molar-refractivity contribution is 7.85. The molecule has 1 fully saturated rings. The lowest BCUT2D eigenvalue weighted by molar-refractivity contribution is -0.297. The molecule has 0 aliphatic carbocycles. The summed E-state index contributed by atoms with van der Waals surface area (Å²) in [6.07, 6.45) is 40.3. The Morgan fingerprint density at radius 3 is 1.47 bits per heavy atom. The molecule has 12 nitrogen and oxygen atoms in total. The summed E-state index contributed by atoms with van der Waals surface area (Å²) in [6.45, 7) is 3.61. The van der Waals surface area contributed by atoms with Crippen molar-refractivity contribution < 1.29 is 56.8 Å². The summed E-state index contributed by atoms with van der Waals surface area (Å²) in [6, 6.07) is 0. The van der Waals surface area contributed by atoms with Gasteiger partial charge in [-0.25, -0.2) is 0 Å². The van der Waals surface area contributed by atoms with E-state index in [4.69, 9.17) is 18.9 Å². The highest BCUT2D eigenvalue weighted by atomic mass is 32.2. The van der Waals surface area contributed by atoms with E-state index in [1.54, 1.807) is 0 Å². The van der Waals surface area contributed by atoms with E-state index in [1.807, 2.05) is 36.5 Å². The molecule has 0 spiro atoms. The van der Waals surface area contributed by atoms with Gasteiger partial charge in [0.15, 0.2) is 12.4 Å². The lowest BCUT2D eigenvalue weighted by atomic mass is 10.00. The van der Waals surface area contributed by atoms with E-state index in [0.29, 0.717) is 12.8 Å². The molecule has 1 rings (SSSR count). The zero-order valence-electron chi connectivity index (χ0n) is 39.9. The Morgan fingerprint density at radius 2 is 0.984 bits per heavy atom. The molecule has 372 valence electrons. The number of hydrogen-bond donors (Lipinski definition) is 4. The van der Waals surface area contributed by atoms with Crippen molar-refractivity contribution in [1.82, 2.24) is 0 Å². The van der Waals surface area contributed by atoms with Gasteiger partial charge in [0.25, 0.3) is 10.1 Å². The summed E-state index contributed by atoms with van der Waals surface area (Å²) in [7, 11) is -4.61. The predicted octanol–water partition coefficient (Wildman–Crippen LogP) is 11.1. The number of unbranched alkanes of at least 4 members (excludes halogenated alkanes) is 25. The average Bonchev–Trinajstić information content (AvgIpc) is 3.26. The molecular formula is C51H90O12S. The molecule has 4 N–H and O–H groups in total. The molecule has 1 saturated heterocycles. The van der Waals surface area contributed by atoms with Crippen LogP contribution in [0.3, 0.4) is 0 Å². The molecule has 0 radical (unpaired) electrons. The van der Waals surface area contributed by atoms with E-state index in [9.17, 15) is 37.9 Å². The molecule has 0 bridgehead atoms. The van der Waals surface area contributed by atoms with Crippen LogP contribution < -0.4 is 0 Å². The van der Waals surface area contributed by atoms with Crippen LogP contribution in [-0.2, 0) is 38.7 Å². The molecule has 3 unspecified atom stereocenters. The average molecular weight is 927 g/mol. The normalized spacial score (nSPS) is 20.0. The van der Waals surface area contributed by atoms with E-state index in [-0.39, 0.29) is 19.4 Å². The number of esters is 2. The van der Waals surface area contributed by atoms with Gasteiger partial charge in [-0.3, -0.25) is 14.1 Å². The number of carbonyl (C=O) groups excluding carboxylic acids is 2. The number of aliphatic hydroxyl groups excluding tert-OH is 3. The van der Waals surface area contributed by atoms with Crippen LogP contribution in [0.15, 0.2) is 48.6 Å². The van der Waals surface area contributed by atoms with E-state index in [1.165, 1.54) is 122 Å². The zero-order chi connectivity index (χ0) is 46.9. The van der Waals surface area contributed by atoms with Crippen molar-refractivity contribution in [2.75, 3.05) is 19.0 Å². The lowest BCUT2D eigenvalue weighted by Gasteiger charge is -2.40. The van der Waals surface area contributed by atoms with Gasteiger partial charge in [-0.1, -0.05) is 210 Å². The van der Waals surface area contributed by atoms with E-state index >= 15 is 0 Å². The molecule has 0 amide bonds. The van der Waals surface area contributed by atoms with Crippen LogP contribution in [0.5, 0.6) is 0 Å². The first-order valence-electron chi connectivity index (χ1n) is 25.2. The number of ether oxygens (including phenoxy) is 4. The van der Waals surface area contributed by atoms with Crippen LogP contribution in [0.1, 0.15) is 206 Å². The van der Waals surface area contributed by atoms with E-state index in [2.05, 4.69) is 26.0 Å². The molecule has 0 aromatic heterocycles. The minimum absolute atomic E-state index is 0.119. The van der Waals surface area contributed by atoms with Crippen molar-refractivity contribution in [3.63, 3.8) is 0 Å². The second kappa shape index (κ2) is 40.8. The molecule has 64 heavy (non-hydrogen) atoms. The maximum absolute atomic E-state index is 12.8. The third-order valence-electron chi connectivity index (χ3n) is 11.5. The maximum atomic E-state index is 12.8. The SMILES string of the molecule is CC/C=C/C=C/C=C/C=C/CCCCCC(=O)OC(COC(=O)CCCCCCCCCCCCCCCCCCCCCCCCC)CO[C@H]1O[C@H](CS(=O)(=O)O)[C@@H](O)C(O)C1O. The van der Waals surface area contributed by atoms with Gasteiger partial charge in [0, 0.05) is 12.8 Å². The first-order valence-corrected chi connectivity index (χ1v) is 26.9. The lowest BCUT2D eigenvalue weighted by Crippen LogP contribution is -2.60. The van der Waals surface area contributed by atoms with Gasteiger partial charge in [0.05, 0.1) is 6.61 Å². The van der Waals surface area contributed by atoms with Crippen molar-refractivity contribution in [2.45, 2.75) is 243 Å². The fourth-order valence-electron chi connectivity index (χ4n) is 7.63. The monoisotopic (exact) mass is 927 g/mol. The molecule has 6 atom stereocenters. The zero-order valence-corrected chi connectivity index (χ0v) is 40.7. The third-order valence-corrected chi connectivity index (χ3v) is 12.3. The van der Waals surface area contributed by atoms with Gasteiger partial charge >= 0.3 is 11.9 Å². The molecule has 0 saturated carbocycles. The van der Waals surface area contributed by atoms with Gasteiger partial charge < -0.3 is 34.3 Å². The Kier molecular flexibility index (Phi) is 38.1. The van der Waals surface area contributed by atoms with Crippen molar-refractivity contribution in [2.24, 2.45) is 0 Å². The smallest absolute Gasteiger partial charge is 0.306 e. The van der Waals surface area contributed by atoms with Crippen molar-refractivity contribution in [3.05, 3.63) is 48.6 Å². The molecule has 0 aromatic rings. The van der Waals surface area contributed by atoms with Crippen molar-refractivity contribution >= 4 is 22.1 Å². The second-order valence-corrected chi connectivity index (χ2v) is 19.1. The van der Waals surface area contributed by atoms with Crippen LogP contribution in [0.2, 0.25) is 0 Å². The topological polar surface area (TPSA) is 186 Å². The highest BCUT2D eigenvalue weighted by Gasteiger charge is 2.46. The van der Waals surface area contributed by atoms with E-state index < -0.39 is 71.2 Å². The Morgan fingerprint density at radius 1 is 0.547 bits per heavy atom. The fourth-order valence-corrected chi connectivity index (χ4v) is 8.32. The summed E-state index contributed by atoms with van der Waals surface area (Å²) < 4.78 is 54.1. The Labute approximate surface area is 388 Å². The third kappa shape index (κ3) is 34.9. The number of rotatable bonds is 42. The Hall–Kier alpha value is -2.39. The van der Waals surface area contributed by atoms with Crippen LogP contribution >= 0.6 is 0 Å². The summed E-state index contributed by atoms with van der Waals surface area (Å²) in [5.74, 6) is -2.03. The standard InChI is InChI=1S/C51H90O12S/c1-3-5-7-9-11-13-15-17-18-19-20-21-22-23-24-25-26-28-29-31-33-35-37-39-46(52)60-41-44(42-61-51-50(56)49(55)48(54)45(63-51)43-64(57,58)59)62-47(53)40-38-36-34-32-30-27-16-14-12-10-8-6-4-2/h6,8,10,12,14,16,27,30,44-45,48-51,54-56H,3-5,7,9,11,13,15,17-26,28-29,31-43H2,1-2H3,(H,57,58,59)/b8-6+,12-10+,16-14+,30-27+/t44?,45-,48-,49?,50?,51+/m1/s1. The number of aliphatic hydroxyl groups is 3. The van der Waals surface area contributed by atoms with Gasteiger partial charge in [0.2, 0.25) is 0 Å². The minimum Gasteiger partial charge on any atom is -0.462 e. The number of carbonyl (C=O) groups is 2. The first kappa shape index (κ1) is 59.6. The second-order valence-electron chi connectivity index (χ2n) is 17.6. The van der Waals surface area contributed by atoms with Crippen LogP contribution in [0.25, 0.3) is 0 Å². The molecule has 13 heteroatoms. The quantitative estimate of drug-likeness (QED) is 0.0197. The fraction of sp³-hybridized carbons (Fsp3) is 0.804. The Balaban J connectivity index is 2.34. The van der Waals surface area contributed by atoms with Crippen molar-refractivity contribution in [1.29, 1.82) is 0 Å². The molecule has 1 heterocycles. The number of hydrogen-bond acceptors (Lipinski definition) is 11. The van der Waals surface area contributed by atoms with Gasteiger partial charge in [0.1, 0.15) is 36.8 Å². The minimum atomic E-state index is -4.61. The van der Waals surface area contributed by atoms with Crippen LogP contribution in [0.4, 0.5) is 0 Å². The summed E-state index contributed by atoms with van der Waals surface area (Å²) in [5, 5.41) is 30.9. The summed E-state index contributed by atoms with van der Waals surface area (Å²) in [5.41, 5.74) is 0. The predicted molar refractivity (Wildman–Crippen MR) is 256 cm³/mol. The van der Waals surface area contributed by atoms with Crippen molar-refractivity contribution in [3.8, 4) is 0 Å². The first-order chi connectivity index (χ1) is 31.0. The number of allylic oxidation sites excluding steroid dienone is 8.